The summed E-state index contributed by atoms with van der Waals surface area (Å²) in [6, 6.07) is 24.2. The van der Waals surface area contributed by atoms with E-state index >= 15 is 0 Å². The molecule has 32 heavy (non-hydrogen) atoms. The van der Waals surface area contributed by atoms with Crippen LogP contribution in [0, 0.1) is 0 Å². The monoisotopic (exact) mass is 429 g/mol. The van der Waals surface area contributed by atoms with Crippen LogP contribution in [0.4, 0.5) is 5.69 Å². The Labute approximate surface area is 188 Å². The summed E-state index contributed by atoms with van der Waals surface area (Å²) in [5.41, 5.74) is 2.08. The fourth-order valence-corrected chi connectivity index (χ4v) is 3.25. The number of anilines is 1. The molecule has 3 aromatic rings. The first kappa shape index (κ1) is 22.7. The van der Waals surface area contributed by atoms with Crippen molar-refractivity contribution in [2.24, 2.45) is 0 Å². The fourth-order valence-electron chi connectivity index (χ4n) is 3.25. The van der Waals surface area contributed by atoms with Crippen molar-refractivity contribution in [3.8, 4) is 0 Å². The molecular weight excluding hydrogens is 402 g/mol. The second-order valence-corrected chi connectivity index (χ2v) is 7.74. The highest BCUT2D eigenvalue weighted by atomic mass is 16.2. The van der Waals surface area contributed by atoms with E-state index in [-0.39, 0.29) is 23.4 Å². The summed E-state index contributed by atoms with van der Waals surface area (Å²) < 4.78 is 0. The molecule has 0 saturated carbocycles. The maximum atomic E-state index is 13.1. The van der Waals surface area contributed by atoms with Crippen molar-refractivity contribution in [2.75, 3.05) is 5.32 Å². The lowest BCUT2D eigenvalue weighted by Gasteiger charge is -2.21. The van der Waals surface area contributed by atoms with Crippen LogP contribution in [-0.4, -0.2) is 29.8 Å². The number of nitrogens with one attached hydrogen (secondary N) is 3. The summed E-state index contributed by atoms with van der Waals surface area (Å²) >= 11 is 0. The molecule has 0 saturated heterocycles. The van der Waals surface area contributed by atoms with Gasteiger partial charge in [0.05, 0.1) is 11.3 Å². The maximum absolute atomic E-state index is 13.1. The normalized spacial score (nSPS) is 11.5. The van der Waals surface area contributed by atoms with Crippen LogP contribution in [0.1, 0.15) is 40.1 Å². The number of hydrogen-bond acceptors (Lipinski definition) is 3. The van der Waals surface area contributed by atoms with Gasteiger partial charge in [-0.1, -0.05) is 60.7 Å². The Morgan fingerprint density at radius 1 is 0.719 bits per heavy atom. The Kier molecular flexibility index (Phi) is 7.75. The van der Waals surface area contributed by atoms with E-state index < -0.39 is 11.9 Å². The van der Waals surface area contributed by atoms with Gasteiger partial charge in [0.15, 0.2) is 0 Å². The highest BCUT2D eigenvalue weighted by Crippen LogP contribution is 2.17. The smallest absolute Gasteiger partial charge is 0.255 e. The van der Waals surface area contributed by atoms with E-state index in [4.69, 9.17) is 0 Å². The van der Waals surface area contributed by atoms with Gasteiger partial charge in [0.1, 0.15) is 6.04 Å². The number of amides is 3. The van der Waals surface area contributed by atoms with Gasteiger partial charge in [-0.05, 0) is 43.7 Å². The number of benzene rings is 3. The van der Waals surface area contributed by atoms with E-state index in [0.717, 1.165) is 5.56 Å². The zero-order valence-electron chi connectivity index (χ0n) is 18.2. The Morgan fingerprint density at radius 2 is 1.31 bits per heavy atom. The third-order valence-electron chi connectivity index (χ3n) is 4.79. The van der Waals surface area contributed by atoms with Crippen molar-refractivity contribution >= 4 is 23.4 Å². The predicted molar refractivity (Wildman–Crippen MR) is 126 cm³/mol. The molecule has 1 atom stereocenters. The van der Waals surface area contributed by atoms with Gasteiger partial charge in [0.2, 0.25) is 5.91 Å². The molecule has 0 aliphatic rings. The van der Waals surface area contributed by atoms with E-state index in [1.807, 2.05) is 50.2 Å². The topological polar surface area (TPSA) is 87.3 Å². The van der Waals surface area contributed by atoms with Gasteiger partial charge in [-0.2, -0.15) is 0 Å². The average molecular weight is 430 g/mol. The van der Waals surface area contributed by atoms with E-state index in [1.165, 1.54) is 0 Å². The largest absolute Gasteiger partial charge is 0.352 e. The number of carbonyl (C=O) groups excluding carboxylic acids is 3. The molecule has 1 unspecified atom stereocenters. The SMILES string of the molecule is CC(C)NC(=O)C(Cc1ccccc1)NC(=O)c1ccccc1NC(=O)c1ccccc1. The molecule has 0 aromatic heterocycles. The second kappa shape index (κ2) is 10.9. The molecule has 6 nitrogen and oxygen atoms in total. The first-order valence-electron chi connectivity index (χ1n) is 10.5. The summed E-state index contributed by atoms with van der Waals surface area (Å²) in [5.74, 6) is -1.01. The molecule has 0 aliphatic heterocycles. The summed E-state index contributed by atoms with van der Waals surface area (Å²) in [4.78, 5) is 38.5. The van der Waals surface area contributed by atoms with Gasteiger partial charge in [0, 0.05) is 18.0 Å². The molecule has 3 rings (SSSR count). The zero-order valence-corrected chi connectivity index (χ0v) is 18.2. The third kappa shape index (κ3) is 6.28. The molecule has 3 amide bonds. The summed E-state index contributed by atoms with van der Waals surface area (Å²) in [5, 5.41) is 8.49. The van der Waals surface area contributed by atoms with Crippen LogP contribution >= 0.6 is 0 Å². The predicted octanol–water partition coefficient (Wildman–Crippen LogP) is 3.80. The van der Waals surface area contributed by atoms with Crippen molar-refractivity contribution < 1.29 is 14.4 Å². The molecule has 0 radical (unpaired) electrons. The first-order chi connectivity index (χ1) is 15.4. The van der Waals surface area contributed by atoms with Crippen LogP contribution in [0.2, 0.25) is 0 Å². The minimum Gasteiger partial charge on any atom is -0.352 e. The van der Waals surface area contributed by atoms with Gasteiger partial charge >= 0.3 is 0 Å². The molecule has 0 heterocycles. The lowest BCUT2D eigenvalue weighted by Crippen LogP contribution is -2.49. The van der Waals surface area contributed by atoms with Gasteiger partial charge < -0.3 is 16.0 Å². The van der Waals surface area contributed by atoms with Crippen molar-refractivity contribution in [1.82, 2.24) is 10.6 Å². The summed E-state index contributed by atoms with van der Waals surface area (Å²) in [6.45, 7) is 3.74. The van der Waals surface area contributed by atoms with Crippen LogP contribution in [0.5, 0.6) is 0 Å². The molecule has 3 N–H and O–H groups in total. The molecule has 3 aromatic carbocycles. The van der Waals surface area contributed by atoms with Crippen LogP contribution < -0.4 is 16.0 Å². The van der Waals surface area contributed by atoms with Crippen molar-refractivity contribution in [2.45, 2.75) is 32.4 Å². The molecule has 0 aliphatic carbocycles. The first-order valence-corrected chi connectivity index (χ1v) is 10.5. The lowest BCUT2D eigenvalue weighted by atomic mass is 10.0. The standard InChI is InChI=1S/C26H27N3O3/c1-18(2)27-26(32)23(17-19-11-5-3-6-12-19)29-25(31)21-15-9-10-16-22(21)28-24(30)20-13-7-4-8-14-20/h3-16,18,23H,17H2,1-2H3,(H,27,32)(H,28,30)(H,29,31). The minimum absolute atomic E-state index is 0.0601. The van der Waals surface area contributed by atoms with Crippen molar-refractivity contribution in [3.05, 3.63) is 102 Å². The van der Waals surface area contributed by atoms with E-state index in [9.17, 15) is 14.4 Å². The van der Waals surface area contributed by atoms with Crippen LogP contribution in [-0.2, 0) is 11.2 Å². The second-order valence-electron chi connectivity index (χ2n) is 7.74. The van der Waals surface area contributed by atoms with Crippen molar-refractivity contribution in [1.29, 1.82) is 0 Å². The van der Waals surface area contributed by atoms with Gasteiger partial charge in [-0.3, -0.25) is 14.4 Å². The quantitative estimate of drug-likeness (QED) is 0.509. The summed E-state index contributed by atoms with van der Waals surface area (Å²) in [6.07, 6.45) is 0.351. The van der Waals surface area contributed by atoms with Crippen LogP contribution in [0.25, 0.3) is 0 Å². The molecule has 164 valence electrons. The third-order valence-corrected chi connectivity index (χ3v) is 4.79. The Balaban J connectivity index is 1.80. The number of carbonyl (C=O) groups is 3. The molecule has 0 fully saturated rings. The van der Waals surface area contributed by atoms with Crippen molar-refractivity contribution in [3.63, 3.8) is 0 Å². The number of rotatable bonds is 8. The maximum Gasteiger partial charge on any atom is 0.255 e. The number of para-hydroxylation sites is 1. The lowest BCUT2D eigenvalue weighted by molar-refractivity contribution is -0.123. The van der Waals surface area contributed by atoms with E-state index in [2.05, 4.69) is 16.0 Å². The Bertz CT molecular complexity index is 1070. The highest BCUT2D eigenvalue weighted by molar-refractivity contribution is 6.09. The molecule has 0 bridgehead atoms. The number of hydrogen-bond donors (Lipinski definition) is 3. The molecular formula is C26H27N3O3. The van der Waals surface area contributed by atoms with Crippen LogP contribution in [0.15, 0.2) is 84.9 Å². The van der Waals surface area contributed by atoms with Gasteiger partial charge in [-0.15, -0.1) is 0 Å². The van der Waals surface area contributed by atoms with Gasteiger partial charge in [-0.25, -0.2) is 0 Å². The van der Waals surface area contributed by atoms with Gasteiger partial charge in [0.25, 0.3) is 11.8 Å². The van der Waals surface area contributed by atoms with E-state index in [1.54, 1.807) is 48.5 Å². The zero-order chi connectivity index (χ0) is 22.9. The molecule has 0 spiro atoms. The molecule has 6 heteroatoms. The average Bonchev–Trinajstić information content (AvgIpc) is 2.79. The van der Waals surface area contributed by atoms with Crippen LogP contribution in [0.3, 0.4) is 0 Å². The Morgan fingerprint density at radius 3 is 1.97 bits per heavy atom. The van der Waals surface area contributed by atoms with E-state index in [0.29, 0.717) is 17.7 Å². The fraction of sp³-hybridized carbons (Fsp3) is 0.192. The summed E-state index contributed by atoms with van der Waals surface area (Å²) in [7, 11) is 0. The minimum atomic E-state index is -0.759. The highest BCUT2D eigenvalue weighted by Gasteiger charge is 2.24. The Hall–Kier alpha value is -3.93.